The van der Waals surface area contributed by atoms with Crippen molar-refractivity contribution in [1.82, 2.24) is 0 Å². The predicted octanol–water partition coefficient (Wildman–Crippen LogP) is 3.83. The lowest BCUT2D eigenvalue weighted by molar-refractivity contribution is -0.116. The first kappa shape index (κ1) is 13.6. The number of aryl methyl sites for hydroxylation is 1. The van der Waals surface area contributed by atoms with Crippen molar-refractivity contribution in [2.45, 2.75) is 32.6 Å². The van der Waals surface area contributed by atoms with Gasteiger partial charge >= 0.3 is 0 Å². The molecule has 100 valence electrons. The highest BCUT2D eigenvalue weighted by Crippen LogP contribution is 2.14. The summed E-state index contributed by atoms with van der Waals surface area (Å²) in [4.78, 5) is 11.9. The van der Waals surface area contributed by atoms with Crippen molar-refractivity contribution in [1.29, 1.82) is 0 Å². The molecule has 0 saturated carbocycles. The van der Waals surface area contributed by atoms with Gasteiger partial charge in [0.25, 0.3) is 0 Å². The molecule has 0 radical (unpaired) electrons. The molecule has 19 heavy (non-hydrogen) atoms. The number of Topliss-reactive ketones (excluding diaryl/α,β-unsaturated/α-hetero) is 1. The van der Waals surface area contributed by atoms with Crippen LogP contribution in [-0.4, -0.2) is 12.4 Å². The minimum atomic E-state index is 0.219. The zero-order valence-electron chi connectivity index (χ0n) is 11.4. The van der Waals surface area contributed by atoms with E-state index in [4.69, 9.17) is 4.74 Å². The molecule has 1 aromatic carbocycles. The molecule has 2 nitrogen and oxygen atoms in total. The fourth-order valence-electron chi connectivity index (χ4n) is 2.10. The Morgan fingerprint density at radius 2 is 1.95 bits per heavy atom. The predicted molar refractivity (Wildman–Crippen MR) is 76.8 cm³/mol. The van der Waals surface area contributed by atoms with Crippen molar-refractivity contribution in [3.8, 4) is 0 Å². The number of ketones is 1. The average molecular weight is 256 g/mol. The maximum atomic E-state index is 11.9. The van der Waals surface area contributed by atoms with E-state index in [1.165, 1.54) is 5.56 Å². The number of ether oxygens (including phenoxy) is 1. The molecule has 1 aromatic rings. The first-order valence-electron chi connectivity index (χ1n) is 6.83. The van der Waals surface area contributed by atoms with Crippen LogP contribution in [0.25, 0.3) is 0 Å². The van der Waals surface area contributed by atoms with Crippen molar-refractivity contribution in [2.75, 3.05) is 6.61 Å². The topological polar surface area (TPSA) is 26.3 Å². The van der Waals surface area contributed by atoms with Gasteiger partial charge in [-0.2, -0.15) is 0 Å². The summed E-state index contributed by atoms with van der Waals surface area (Å²) < 4.78 is 5.36. The minimum absolute atomic E-state index is 0.219. The molecule has 2 heteroatoms. The Hall–Kier alpha value is -1.83. The van der Waals surface area contributed by atoms with Crippen LogP contribution in [0.2, 0.25) is 0 Å². The van der Waals surface area contributed by atoms with Crippen molar-refractivity contribution in [2.24, 2.45) is 0 Å². The number of hydrogen-bond donors (Lipinski definition) is 0. The molecule has 1 aliphatic rings. The van der Waals surface area contributed by atoms with E-state index in [1.807, 2.05) is 25.1 Å². The third kappa shape index (κ3) is 4.40. The van der Waals surface area contributed by atoms with Crippen molar-refractivity contribution in [3.05, 3.63) is 59.4 Å². The van der Waals surface area contributed by atoms with E-state index in [0.29, 0.717) is 13.0 Å². The molecular weight excluding hydrogens is 236 g/mol. The lowest BCUT2D eigenvalue weighted by Crippen LogP contribution is -2.11. The number of hydrogen-bond acceptors (Lipinski definition) is 2. The molecule has 1 aliphatic heterocycles. The summed E-state index contributed by atoms with van der Waals surface area (Å²) in [6, 6.07) is 10.4. The smallest absolute Gasteiger partial charge is 0.162 e. The van der Waals surface area contributed by atoms with E-state index in [1.54, 1.807) is 0 Å². The summed E-state index contributed by atoms with van der Waals surface area (Å²) in [5.41, 5.74) is 2.14. The summed E-state index contributed by atoms with van der Waals surface area (Å²) in [6.07, 6.45) is 7.41. The highest BCUT2D eigenvalue weighted by atomic mass is 16.5. The third-order valence-electron chi connectivity index (χ3n) is 3.29. The van der Waals surface area contributed by atoms with Gasteiger partial charge in [-0.1, -0.05) is 30.3 Å². The minimum Gasteiger partial charge on any atom is -0.493 e. The standard InChI is InChI=1S/C17H20O2/c1-14-11-12-16(13-19-14)17(18)10-6-5-9-15-7-3-2-4-8-15/h2-4,7-8,11-12H,5-6,9-10,13H2,1H3. The maximum Gasteiger partial charge on any atom is 0.162 e. The number of allylic oxidation sites excluding steroid dienone is 3. The molecule has 0 N–H and O–H groups in total. The summed E-state index contributed by atoms with van der Waals surface area (Å²) in [5.74, 6) is 1.09. The Kier molecular flexibility index (Phi) is 4.96. The summed E-state index contributed by atoms with van der Waals surface area (Å²) >= 11 is 0. The van der Waals surface area contributed by atoms with Crippen LogP contribution in [0.5, 0.6) is 0 Å². The van der Waals surface area contributed by atoms with Crippen LogP contribution in [0.4, 0.5) is 0 Å². The summed E-state index contributed by atoms with van der Waals surface area (Å²) in [6.45, 7) is 2.33. The average Bonchev–Trinajstić information content (AvgIpc) is 2.45. The Bertz CT molecular complexity index is 483. The fourth-order valence-corrected chi connectivity index (χ4v) is 2.10. The van der Waals surface area contributed by atoms with Gasteiger partial charge in [0.05, 0.1) is 5.76 Å². The third-order valence-corrected chi connectivity index (χ3v) is 3.29. The molecule has 0 spiro atoms. The normalized spacial score (nSPS) is 14.4. The molecule has 2 rings (SSSR count). The number of carbonyl (C=O) groups is 1. The van der Waals surface area contributed by atoms with Gasteiger partial charge in [0.2, 0.25) is 0 Å². The van der Waals surface area contributed by atoms with Crippen molar-refractivity contribution < 1.29 is 9.53 Å². The highest BCUT2D eigenvalue weighted by molar-refractivity contribution is 5.96. The zero-order valence-corrected chi connectivity index (χ0v) is 11.4. The van der Waals surface area contributed by atoms with Crippen LogP contribution in [-0.2, 0) is 16.0 Å². The van der Waals surface area contributed by atoms with Gasteiger partial charge < -0.3 is 4.74 Å². The Balaban J connectivity index is 1.70. The van der Waals surface area contributed by atoms with Gasteiger partial charge in [-0.15, -0.1) is 0 Å². The molecule has 0 saturated heterocycles. The fraction of sp³-hybridized carbons (Fsp3) is 0.353. The molecule has 0 fully saturated rings. The molecular formula is C17H20O2. The van der Waals surface area contributed by atoms with Crippen molar-refractivity contribution in [3.63, 3.8) is 0 Å². The molecule has 1 heterocycles. The van der Waals surface area contributed by atoms with E-state index in [9.17, 15) is 4.79 Å². The van der Waals surface area contributed by atoms with Gasteiger partial charge in [0, 0.05) is 12.0 Å². The molecule has 0 amide bonds. The molecule has 0 unspecified atom stereocenters. The van der Waals surface area contributed by atoms with E-state index in [0.717, 1.165) is 30.6 Å². The monoisotopic (exact) mass is 256 g/mol. The van der Waals surface area contributed by atoms with Crippen LogP contribution in [0, 0.1) is 0 Å². The first-order valence-corrected chi connectivity index (χ1v) is 6.83. The number of carbonyl (C=O) groups excluding carboxylic acids is 1. The van der Waals surface area contributed by atoms with E-state index >= 15 is 0 Å². The largest absolute Gasteiger partial charge is 0.493 e. The van der Waals surface area contributed by atoms with Crippen molar-refractivity contribution >= 4 is 5.78 Å². The molecule has 0 aliphatic carbocycles. The summed E-state index contributed by atoms with van der Waals surface area (Å²) in [7, 11) is 0. The molecule has 0 bridgehead atoms. The Morgan fingerprint density at radius 3 is 2.63 bits per heavy atom. The number of unbranched alkanes of at least 4 members (excludes halogenated alkanes) is 1. The van der Waals surface area contributed by atoms with Gasteiger partial charge in [-0.3, -0.25) is 4.79 Å². The van der Waals surface area contributed by atoms with Crippen LogP contribution in [0.15, 0.2) is 53.8 Å². The van der Waals surface area contributed by atoms with Crippen LogP contribution in [0.1, 0.15) is 31.7 Å². The molecule has 0 atom stereocenters. The second kappa shape index (κ2) is 6.93. The van der Waals surface area contributed by atoms with E-state index in [2.05, 4.69) is 24.3 Å². The molecule has 0 aromatic heterocycles. The van der Waals surface area contributed by atoms with Gasteiger partial charge in [0.1, 0.15) is 6.61 Å². The maximum absolute atomic E-state index is 11.9. The highest BCUT2D eigenvalue weighted by Gasteiger charge is 2.12. The van der Waals surface area contributed by atoms with Crippen LogP contribution >= 0.6 is 0 Å². The quantitative estimate of drug-likeness (QED) is 0.723. The van der Waals surface area contributed by atoms with Crippen LogP contribution < -0.4 is 0 Å². The summed E-state index contributed by atoms with van der Waals surface area (Å²) in [5, 5.41) is 0. The zero-order chi connectivity index (χ0) is 13.5. The van der Waals surface area contributed by atoms with E-state index < -0.39 is 0 Å². The Labute approximate surface area is 114 Å². The SMILES string of the molecule is CC1=CC=C(C(=O)CCCCc2ccccc2)CO1. The van der Waals surface area contributed by atoms with Crippen LogP contribution in [0.3, 0.4) is 0 Å². The van der Waals surface area contributed by atoms with E-state index in [-0.39, 0.29) is 5.78 Å². The second-order valence-electron chi connectivity index (χ2n) is 4.87. The lowest BCUT2D eigenvalue weighted by atomic mass is 10.0. The van der Waals surface area contributed by atoms with Gasteiger partial charge in [0.15, 0.2) is 5.78 Å². The number of rotatable bonds is 6. The Morgan fingerprint density at radius 1 is 1.16 bits per heavy atom. The first-order chi connectivity index (χ1) is 9.25. The number of benzene rings is 1. The second-order valence-corrected chi connectivity index (χ2v) is 4.87. The van der Waals surface area contributed by atoms with Gasteiger partial charge in [-0.05, 0) is 43.9 Å². The lowest BCUT2D eigenvalue weighted by Gasteiger charge is -2.13. The van der Waals surface area contributed by atoms with Gasteiger partial charge in [-0.25, -0.2) is 0 Å².